The van der Waals surface area contributed by atoms with E-state index < -0.39 is 0 Å². The highest BCUT2D eigenvalue weighted by atomic mass is 16.4. The van der Waals surface area contributed by atoms with Crippen molar-refractivity contribution in [3.05, 3.63) is 28.4 Å². The molecule has 0 aliphatic rings. The standard InChI is InChI=1S/C5H4N2O2.C2H6O/c8-3-4-1-7-5(9)2-6-4;1-3-2/h1-3H,(H,7,9);1-2H3. The molecule has 5 nitrogen and oxygen atoms in total. The maximum atomic E-state index is 10.3. The van der Waals surface area contributed by atoms with Gasteiger partial charge in [0, 0.05) is 20.4 Å². The van der Waals surface area contributed by atoms with E-state index in [1.165, 1.54) is 6.20 Å². The molecule has 66 valence electrons. The number of rotatable bonds is 1. The normalized spacial score (nSPS) is 8.17. The van der Waals surface area contributed by atoms with Crippen molar-refractivity contribution in [1.82, 2.24) is 9.97 Å². The van der Waals surface area contributed by atoms with Crippen LogP contribution in [0.15, 0.2) is 17.2 Å². The van der Waals surface area contributed by atoms with Crippen LogP contribution in [0.4, 0.5) is 0 Å². The number of H-pyrrole nitrogens is 1. The van der Waals surface area contributed by atoms with Gasteiger partial charge in [0.2, 0.25) is 0 Å². The van der Waals surface area contributed by atoms with Crippen molar-refractivity contribution in [2.45, 2.75) is 0 Å². The first-order chi connectivity index (χ1) is 5.74. The van der Waals surface area contributed by atoms with Gasteiger partial charge >= 0.3 is 0 Å². The molecule has 0 bridgehead atoms. The molecular formula is C7H10N2O3. The highest BCUT2D eigenvalue weighted by molar-refractivity contribution is 5.70. The first-order valence-electron chi connectivity index (χ1n) is 3.14. The molecule has 12 heavy (non-hydrogen) atoms. The highest BCUT2D eigenvalue weighted by Gasteiger charge is 1.86. The van der Waals surface area contributed by atoms with Crippen molar-refractivity contribution in [2.24, 2.45) is 0 Å². The van der Waals surface area contributed by atoms with Crippen molar-refractivity contribution < 1.29 is 9.53 Å². The van der Waals surface area contributed by atoms with Crippen LogP contribution in [-0.4, -0.2) is 30.5 Å². The smallest absolute Gasteiger partial charge is 0.266 e. The topological polar surface area (TPSA) is 72.1 Å². The number of aromatic amines is 1. The molecule has 0 saturated heterocycles. The Morgan fingerprint density at radius 3 is 2.50 bits per heavy atom. The van der Waals surface area contributed by atoms with E-state index >= 15 is 0 Å². The van der Waals surface area contributed by atoms with Gasteiger partial charge in [0.15, 0.2) is 6.29 Å². The third kappa shape index (κ3) is 4.35. The van der Waals surface area contributed by atoms with Crippen molar-refractivity contribution in [1.29, 1.82) is 0 Å². The lowest BCUT2D eigenvalue weighted by Crippen LogP contribution is -2.05. The molecule has 0 unspecified atom stereocenters. The van der Waals surface area contributed by atoms with E-state index in [1.807, 2.05) is 0 Å². The van der Waals surface area contributed by atoms with Crippen LogP contribution in [-0.2, 0) is 4.74 Å². The molecule has 0 spiro atoms. The quantitative estimate of drug-likeness (QED) is 0.594. The summed E-state index contributed by atoms with van der Waals surface area (Å²) in [6.07, 6.45) is 2.88. The molecule has 1 heterocycles. The number of carbonyl (C=O) groups excluding carboxylic acids is 1. The number of carbonyl (C=O) groups is 1. The summed E-state index contributed by atoms with van der Waals surface area (Å²) in [7, 11) is 3.25. The molecule has 1 aromatic heterocycles. The molecule has 0 aromatic carbocycles. The van der Waals surface area contributed by atoms with Gasteiger partial charge in [-0.2, -0.15) is 0 Å². The van der Waals surface area contributed by atoms with E-state index in [0.717, 1.165) is 6.20 Å². The molecule has 0 aliphatic heterocycles. The highest BCUT2D eigenvalue weighted by Crippen LogP contribution is 1.76. The summed E-state index contributed by atoms with van der Waals surface area (Å²) < 4.78 is 4.25. The van der Waals surface area contributed by atoms with Gasteiger partial charge in [-0.25, -0.2) is 4.98 Å². The fraction of sp³-hybridized carbons (Fsp3) is 0.286. The number of hydrogen-bond donors (Lipinski definition) is 1. The van der Waals surface area contributed by atoms with Gasteiger partial charge in [-0.05, 0) is 0 Å². The molecule has 1 rings (SSSR count). The lowest BCUT2D eigenvalue weighted by molar-refractivity contribution is 0.111. The number of aromatic nitrogens is 2. The Labute approximate surface area is 69.4 Å². The van der Waals surface area contributed by atoms with Crippen molar-refractivity contribution in [3.8, 4) is 0 Å². The summed E-state index contributed by atoms with van der Waals surface area (Å²) in [4.78, 5) is 26.0. The maximum absolute atomic E-state index is 10.3. The summed E-state index contributed by atoms with van der Waals surface area (Å²) >= 11 is 0. The van der Waals surface area contributed by atoms with Crippen molar-refractivity contribution in [2.75, 3.05) is 14.2 Å². The molecular weight excluding hydrogens is 160 g/mol. The fourth-order valence-corrected chi connectivity index (χ4v) is 0.417. The van der Waals surface area contributed by atoms with Gasteiger partial charge in [-0.3, -0.25) is 9.59 Å². The second kappa shape index (κ2) is 6.23. The summed E-state index contributed by atoms with van der Waals surface area (Å²) in [5.41, 5.74) is -0.0739. The van der Waals surface area contributed by atoms with E-state index in [4.69, 9.17) is 0 Å². The van der Waals surface area contributed by atoms with E-state index in [1.54, 1.807) is 14.2 Å². The van der Waals surface area contributed by atoms with Crippen LogP contribution in [0.5, 0.6) is 0 Å². The maximum Gasteiger partial charge on any atom is 0.266 e. The zero-order valence-corrected chi connectivity index (χ0v) is 6.90. The van der Waals surface area contributed by atoms with Crippen molar-refractivity contribution >= 4 is 6.29 Å². The van der Waals surface area contributed by atoms with Crippen LogP contribution in [0.3, 0.4) is 0 Å². The first kappa shape index (κ1) is 10.5. The van der Waals surface area contributed by atoms with Gasteiger partial charge in [0.25, 0.3) is 5.56 Å². The Kier molecular flexibility index (Phi) is 5.46. The molecule has 0 aliphatic carbocycles. The second-order valence-electron chi connectivity index (χ2n) is 1.86. The van der Waals surface area contributed by atoms with Crippen LogP contribution < -0.4 is 5.56 Å². The number of nitrogens with one attached hydrogen (secondary N) is 1. The number of nitrogens with zero attached hydrogens (tertiary/aromatic N) is 1. The zero-order chi connectivity index (χ0) is 9.40. The Morgan fingerprint density at radius 2 is 2.17 bits per heavy atom. The molecule has 0 amide bonds. The van der Waals surface area contributed by atoms with E-state index in [9.17, 15) is 9.59 Å². The molecule has 0 saturated carbocycles. The fourth-order valence-electron chi connectivity index (χ4n) is 0.417. The number of ether oxygens (including phenoxy) is 1. The first-order valence-corrected chi connectivity index (χ1v) is 3.14. The van der Waals surface area contributed by atoms with Crippen LogP contribution in [0.2, 0.25) is 0 Å². The zero-order valence-electron chi connectivity index (χ0n) is 6.90. The summed E-state index contributed by atoms with van der Waals surface area (Å²) in [5.74, 6) is 0. The number of aldehydes is 1. The minimum atomic E-state index is -0.305. The number of methoxy groups -OCH3 is 1. The van der Waals surface area contributed by atoms with Crippen molar-refractivity contribution in [3.63, 3.8) is 0 Å². The monoisotopic (exact) mass is 170 g/mol. The molecule has 0 atom stereocenters. The van der Waals surface area contributed by atoms with Crippen LogP contribution in [0, 0.1) is 0 Å². The Hall–Kier alpha value is -1.49. The Morgan fingerprint density at radius 1 is 1.58 bits per heavy atom. The largest absolute Gasteiger partial charge is 0.388 e. The minimum absolute atomic E-state index is 0.231. The molecule has 5 heteroatoms. The predicted octanol–water partition coefficient (Wildman–Crippen LogP) is -0.155. The summed E-state index contributed by atoms with van der Waals surface area (Å²) in [6.45, 7) is 0. The van der Waals surface area contributed by atoms with Gasteiger partial charge in [0.05, 0.1) is 6.20 Å². The SMILES string of the molecule is COC.O=Cc1c[nH]c(=O)cn1. The summed E-state index contributed by atoms with van der Waals surface area (Å²) in [6, 6.07) is 0. The summed E-state index contributed by atoms with van der Waals surface area (Å²) in [5, 5.41) is 0. The Balaban J connectivity index is 0.000000354. The van der Waals surface area contributed by atoms with Gasteiger partial charge in [0.1, 0.15) is 5.69 Å². The van der Waals surface area contributed by atoms with E-state index in [0.29, 0.717) is 6.29 Å². The second-order valence-corrected chi connectivity index (χ2v) is 1.86. The minimum Gasteiger partial charge on any atom is -0.388 e. The average molecular weight is 170 g/mol. The van der Waals surface area contributed by atoms with E-state index in [2.05, 4.69) is 14.7 Å². The van der Waals surface area contributed by atoms with Crippen LogP contribution >= 0.6 is 0 Å². The lowest BCUT2D eigenvalue weighted by atomic mass is 10.5. The average Bonchev–Trinajstić information content (AvgIpc) is 2.07. The Bertz CT molecular complexity index is 262. The predicted molar refractivity (Wildman–Crippen MR) is 43.2 cm³/mol. The third-order valence-corrected chi connectivity index (χ3v) is 0.814. The molecule has 1 N–H and O–H groups in total. The van der Waals surface area contributed by atoms with E-state index in [-0.39, 0.29) is 11.3 Å². The van der Waals surface area contributed by atoms with Crippen LogP contribution in [0.1, 0.15) is 10.5 Å². The van der Waals surface area contributed by atoms with Gasteiger partial charge < -0.3 is 9.72 Å². The lowest BCUT2D eigenvalue weighted by Gasteiger charge is -1.82. The number of hydrogen-bond acceptors (Lipinski definition) is 4. The molecule has 0 fully saturated rings. The molecule has 1 aromatic rings. The van der Waals surface area contributed by atoms with Gasteiger partial charge in [-0.15, -0.1) is 0 Å². The third-order valence-electron chi connectivity index (χ3n) is 0.814. The molecule has 0 radical (unpaired) electrons. The van der Waals surface area contributed by atoms with Gasteiger partial charge in [-0.1, -0.05) is 0 Å². The van der Waals surface area contributed by atoms with Crippen LogP contribution in [0.25, 0.3) is 0 Å².